The van der Waals surface area contributed by atoms with E-state index in [1.54, 1.807) is 24.3 Å². The molecule has 0 spiro atoms. The summed E-state index contributed by atoms with van der Waals surface area (Å²) in [5.74, 6) is -0.866. The Bertz CT molecular complexity index is 1790. The number of amides is 2. The summed E-state index contributed by atoms with van der Waals surface area (Å²) < 4.78 is 48.9. The summed E-state index contributed by atoms with van der Waals surface area (Å²) in [7, 11) is -4.36. The standard InChI is InChI=1S/C39H44FN3O5S/c1-3-48-35-22-20-34(21-23-35)43(49(46,47)36-24-18-32(40)19-25-36)28-38(44)42(27-31-15-11-10-12-29(31)2)37(26-30-13-6-4-7-14-30)39(45)41-33-16-8-5-9-17-33/h4,6-7,10-15,18-25,33,37H,3,5,8-9,16-17,26-28H2,1-2H3,(H,41,45)/t37-/m1/s1. The van der Waals surface area contributed by atoms with E-state index in [1.165, 1.54) is 17.0 Å². The van der Waals surface area contributed by atoms with Crippen molar-refractivity contribution in [2.24, 2.45) is 0 Å². The van der Waals surface area contributed by atoms with Gasteiger partial charge in [0.25, 0.3) is 10.0 Å². The Morgan fingerprint density at radius 3 is 2.18 bits per heavy atom. The molecule has 0 radical (unpaired) electrons. The predicted molar refractivity (Wildman–Crippen MR) is 189 cm³/mol. The van der Waals surface area contributed by atoms with Crippen LogP contribution in [0.15, 0.2) is 108 Å². The molecule has 0 bridgehead atoms. The minimum atomic E-state index is -4.36. The first-order chi connectivity index (χ1) is 23.7. The number of anilines is 1. The first-order valence-electron chi connectivity index (χ1n) is 16.8. The number of aryl methyl sites for hydroxylation is 1. The molecule has 1 fully saturated rings. The van der Waals surface area contributed by atoms with Crippen molar-refractivity contribution in [2.45, 2.75) is 75.9 Å². The van der Waals surface area contributed by atoms with E-state index in [2.05, 4.69) is 5.32 Å². The van der Waals surface area contributed by atoms with E-state index in [0.29, 0.717) is 12.4 Å². The average molecular weight is 686 g/mol. The van der Waals surface area contributed by atoms with Crippen molar-refractivity contribution in [3.05, 3.63) is 126 Å². The molecule has 1 saturated carbocycles. The minimum absolute atomic E-state index is 0.00847. The van der Waals surface area contributed by atoms with Crippen LogP contribution in [0.2, 0.25) is 0 Å². The number of carbonyl (C=O) groups excluding carboxylic acids is 2. The lowest BCUT2D eigenvalue weighted by Gasteiger charge is -2.35. The number of ether oxygens (including phenoxy) is 1. The smallest absolute Gasteiger partial charge is 0.264 e. The van der Waals surface area contributed by atoms with Gasteiger partial charge in [0.2, 0.25) is 11.8 Å². The maximum Gasteiger partial charge on any atom is 0.264 e. The maximum absolute atomic E-state index is 14.7. The normalized spacial score (nSPS) is 14.1. The molecule has 2 amide bonds. The summed E-state index contributed by atoms with van der Waals surface area (Å²) in [6.07, 6.45) is 5.16. The molecule has 0 saturated heterocycles. The Balaban J connectivity index is 1.57. The first-order valence-corrected chi connectivity index (χ1v) is 18.3. The van der Waals surface area contributed by atoms with E-state index < -0.39 is 34.3 Å². The molecule has 0 aromatic heterocycles. The van der Waals surface area contributed by atoms with Gasteiger partial charge in [-0.25, -0.2) is 12.8 Å². The largest absolute Gasteiger partial charge is 0.494 e. The van der Waals surface area contributed by atoms with Crippen LogP contribution in [0, 0.1) is 12.7 Å². The first kappa shape index (κ1) is 35.6. The van der Waals surface area contributed by atoms with Crippen molar-refractivity contribution in [2.75, 3.05) is 17.5 Å². The number of rotatable bonds is 14. The summed E-state index contributed by atoms with van der Waals surface area (Å²) in [5.41, 5.74) is 2.88. The van der Waals surface area contributed by atoms with Gasteiger partial charge in [0.1, 0.15) is 24.2 Å². The zero-order chi connectivity index (χ0) is 34.8. The fourth-order valence-electron chi connectivity index (χ4n) is 6.21. The monoisotopic (exact) mass is 685 g/mol. The van der Waals surface area contributed by atoms with E-state index >= 15 is 0 Å². The Morgan fingerprint density at radius 2 is 1.53 bits per heavy atom. The molecule has 4 aromatic carbocycles. The molecule has 0 unspecified atom stereocenters. The number of nitrogens with one attached hydrogen (secondary N) is 1. The van der Waals surface area contributed by atoms with Crippen LogP contribution in [0.4, 0.5) is 10.1 Å². The highest BCUT2D eigenvalue weighted by atomic mass is 32.2. The molecule has 0 heterocycles. The summed E-state index contributed by atoms with van der Waals surface area (Å²) >= 11 is 0. The third kappa shape index (κ3) is 9.26. The highest BCUT2D eigenvalue weighted by Crippen LogP contribution is 2.28. The second-order valence-electron chi connectivity index (χ2n) is 12.4. The maximum atomic E-state index is 14.7. The fourth-order valence-corrected chi connectivity index (χ4v) is 7.62. The van der Waals surface area contributed by atoms with Crippen LogP contribution in [0.1, 0.15) is 55.7 Å². The van der Waals surface area contributed by atoms with Crippen molar-refractivity contribution in [1.29, 1.82) is 0 Å². The van der Waals surface area contributed by atoms with Gasteiger partial charge >= 0.3 is 0 Å². The zero-order valence-electron chi connectivity index (χ0n) is 28.1. The molecule has 1 aliphatic rings. The van der Waals surface area contributed by atoms with E-state index in [4.69, 9.17) is 4.74 Å². The van der Waals surface area contributed by atoms with Crippen molar-refractivity contribution in [3.8, 4) is 5.75 Å². The third-order valence-corrected chi connectivity index (χ3v) is 10.7. The van der Waals surface area contributed by atoms with E-state index in [1.807, 2.05) is 68.4 Å². The topological polar surface area (TPSA) is 96.0 Å². The van der Waals surface area contributed by atoms with Crippen LogP contribution in [-0.2, 0) is 32.6 Å². The Labute approximate surface area is 289 Å². The summed E-state index contributed by atoms with van der Waals surface area (Å²) in [4.78, 5) is 30.3. The number of sulfonamides is 1. The van der Waals surface area contributed by atoms with Gasteiger partial charge in [0.15, 0.2) is 0 Å². The lowest BCUT2D eigenvalue weighted by Crippen LogP contribution is -2.55. The molecule has 1 aliphatic carbocycles. The van der Waals surface area contributed by atoms with Crippen LogP contribution in [0.3, 0.4) is 0 Å². The number of nitrogens with zero attached hydrogens (tertiary/aromatic N) is 2. The zero-order valence-corrected chi connectivity index (χ0v) is 28.9. The molecule has 5 rings (SSSR count). The predicted octanol–water partition coefficient (Wildman–Crippen LogP) is 6.82. The summed E-state index contributed by atoms with van der Waals surface area (Å²) in [6.45, 7) is 3.71. The molecule has 0 aliphatic heterocycles. The molecule has 4 aromatic rings. The summed E-state index contributed by atoms with van der Waals surface area (Å²) in [6, 6.07) is 27.2. The van der Waals surface area contributed by atoms with Crippen molar-refractivity contribution < 1.29 is 27.1 Å². The molecule has 1 N–H and O–H groups in total. The minimum Gasteiger partial charge on any atom is -0.494 e. The van der Waals surface area contributed by atoms with Gasteiger partial charge in [-0.15, -0.1) is 0 Å². The second kappa shape index (κ2) is 16.6. The Hall–Kier alpha value is -4.70. The van der Waals surface area contributed by atoms with Crippen LogP contribution in [-0.4, -0.2) is 50.4 Å². The Morgan fingerprint density at radius 1 is 0.878 bits per heavy atom. The molecule has 1 atom stereocenters. The quantitative estimate of drug-likeness (QED) is 0.157. The number of hydrogen-bond donors (Lipinski definition) is 1. The van der Waals surface area contributed by atoms with Crippen LogP contribution in [0.5, 0.6) is 5.75 Å². The molecule has 258 valence electrons. The number of hydrogen-bond acceptors (Lipinski definition) is 5. The van der Waals surface area contributed by atoms with E-state index in [0.717, 1.165) is 65.2 Å². The molecule has 10 heteroatoms. The van der Waals surface area contributed by atoms with E-state index in [9.17, 15) is 22.4 Å². The lowest BCUT2D eigenvalue weighted by molar-refractivity contribution is -0.140. The van der Waals surface area contributed by atoms with Gasteiger partial charge in [-0.3, -0.25) is 13.9 Å². The SMILES string of the molecule is CCOc1ccc(N(CC(=O)N(Cc2ccccc2C)[C@H](Cc2ccccc2)C(=O)NC2CCCCC2)S(=O)(=O)c2ccc(F)cc2)cc1. The fraction of sp³-hybridized carbons (Fsp3) is 0.333. The van der Waals surface area contributed by atoms with Gasteiger partial charge in [-0.05, 0) is 91.9 Å². The second-order valence-corrected chi connectivity index (χ2v) is 14.3. The number of carbonyl (C=O) groups is 2. The van der Waals surface area contributed by atoms with Gasteiger partial charge in [-0.1, -0.05) is 73.9 Å². The van der Waals surface area contributed by atoms with Crippen molar-refractivity contribution >= 4 is 27.5 Å². The van der Waals surface area contributed by atoms with Gasteiger partial charge in [0, 0.05) is 19.0 Å². The van der Waals surface area contributed by atoms with Gasteiger partial charge in [0.05, 0.1) is 17.2 Å². The third-order valence-electron chi connectivity index (χ3n) is 8.94. The van der Waals surface area contributed by atoms with Crippen LogP contribution < -0.4 is 14.4 Å². The van der Waals surface area contributed by atoms with Gasteiger partial charge < -0.3 is 15.0 Å². The number of halogens is 1. The van der Waals surface area contributed by atoms with Crippen molar-refractivity contribution in [1.82, 2.24) is 10.2 Å². The highest BCUT2D eigenvalue weighted by Gasteiger charge is 2.35. The van der Waals surface area contributed by atoms with Gasteiger partial charge in [-0.2, -0.15) is 0 Å². The summed E-state index contributed by atoms with van der Waals surface area (Å²) in [5, 5.41) is 3.23. The van der Waals surface area contributed by atoms with Crippen molar-refractivity contribution in [3.63, 3.8) is 0 Å². The Kier molecular flexibility index (Phi) is 12.1. The molecule has 49 heavy (non-hydrogen) atoms. The van der Waals surface area contributed by atoms with Crippen LogP contribution in [0.25, 0.3) is 0 Å². The number of benzene rings is 4. The molecular formula is C39H44FN3O5S. The average Bonchev–Trinajstić information content (AvgIpc) is 3.11. The molecule has 8 nitrogen and oxygen atoms in total. The highest BCUT2D eigenvalue weighted by molar-refractivity contribution is 7.92. The lowest BCUT2D eigenvalue weighted by atomic mass is 9.94. The van der Waals surface area contributed by atoms with E-state index in [-0.39, 0.29) is 35.5 Å². The molecular weight excluding hydrogens is 642 g/mol. The van der Waals surface area contributed by atoms with Crippen LogP contribution >= 0.6 is 0 Å².